The molecule has 118 valence electrons. The van der Waals surface area contributed by atoms with Gasteiger partial charge in [0.05, 0.1) is 14.2 Å². The second kappa shape index (κ2) is 6.21. The van der Waals surface area contributed by atoms with Gasteiger partial charge in [0.15, 0.2) is 0 Å². The zero-order valence-electron chi connectivity index (χ0n) is 12.8. The number of nitrogens with zero attached hydrogens (tertiary/aromatic N) is 1. The molecule has 1 aromatic carbocycles. The molecule has 1 fully saturated rings. The van der Waals surface area contributed by atoms with Crippen molar-refractivity contribution >= 4 is 10.0 Å². The van der Waals surface area contributed by atoms with Gasteiger partial charge < -0.3 is 14.8 Å². The summed E-state index contributed by atoms with van der Waals surface area (Å²) in [5.41, 5.74) is 0. The molecule has 1 N–H and O–H groups in total. The highest BCUT2D eigenvalue weighted by Crippen LogP contribution is 2.32. The fraction of sp³-hybridized carbons (Fsp3) is 0.571. The van der Waals surface area contributed by atoms with E-state index in [0.717, 1.165) is 0 Å². The van der Waals surface area contributed by atoms with Crippen molar-refractivity contribution in [1.82, 2.24) is 9.62 Å². The Labute approximate surface area is 126 Å². The van der Waals surface area contributed by atoms with Crippen molar-refractivity contribution in [1.29, 1.82) is 0 Å². The molecule has 7 heteroatoms. The van der Waals surface area contributed by atoms with E-state index in [1.807, 2.05) is 13.8 Å². The number of benzene rings is 1. The summed E-state index contributed by atoms with van der Waals surface area (Å²) >= 11 is 0. The van der Waals surface area contributed by atoms with Gasteiger partial charge in [-0.25, -0.2) is 8.42 Å². The van der Waals surface area contributed by atoms with Crippen LogP contribution in [0.5, 0.6) is 11.5 Å². The first-order valence-electron chi connectivity index (χ1n) is 6.88. The average molecular weight is 314 g/mol. The van der Waals surface area contributed by atoms with Crippen molar-refractivity contribution in [3.8, 4) is 11.5 Å². The summed E-state index contributed by atoms with van der Waals surface area (Å²) < 4.78 is 37.9. The number of rotatable bonds is 4. The number of ether oxygens (including phenoxy) is 2. The minimum Gasteiger partial charge on any atom is -0.497 e. The molecular weight excluding hydrogens is 292 g/mol. The lowest BCUT2D eigenvalue weighted by atomic mass is 10.2. The van der Waals surface area contributed by atoms with Crippen LogP contribution < -0.4 is 14.8 Å². The monoisotopic (exact) mass is 314 g/mol. The van der Waals surface area contributed by atoms with Crippen LogP contribution in [0.25, 0.3) is 0 Å². The van der Waals surface area contributed by atoms with Crippen LogP contribution in [0.4, 0.5) is 0 Å². The summed E-state index contributed by atoms with van der Waals surface area (Å²) in [6.45, 7) is 5.06. The summed E-state index contributed by atoms with van der Waals surface area (Å²) in [7, 11) is -0.675. The lowest BCUT2D eigenvalue weighted by Gasteiger charge is -2.38. The second-order valence-corrected chi connectivity index (χ2v) is 7.02. The first-order chi connectivity index (χ1) is 9.91. The third-order valence-electron chi connectivity index (χ3n) is 3.67. The van der Waals surface area contributed by atoms with Crippen molar-refractivity contribution in [3.63, 3.8) is 0 Å². The molecule has 0 amide bonds. The Hall–Kier alpha value is -1.31. The number of methoxy groups -OCH3 is 2. The van der Waals surface area contributed by atoms with Gasteiger partial charge in [-0.15, -0.1) is 0 Å². The largest absolute Gasteiger partial charge is 0.497 e. The topological polar surface area (TPSA) is 67.9 Å². The fourth-order valence-electron chi connectivity index (χ4n) is 2.69. The zero-order valence-corrected chi connectivity index (χ0v) is 13.6. The van der Waals surface area contributed by atoms with Gasteiger partial charge >= 0.3 is 0 Å². The molecule has 1 aliphatic heterocycles. The Morgan fingerprint density at radius 1 is 1.14 bits per heavy atom. The van der Waals surface area contributed by atoms with Crippen molar-refractivity contribution < 1.29 is 17.9 Å². The van der Waals surface area contributed by atoms with Gasteiger partial charge in [0.1, 0.15) is 16.4 Å². The van der Waals surface area contributed by atoms with Gasteiger partial charge in [0.25, 0.3) is 0 Å². The lowest BCUT2D eigenvalue weighted by molar-refractivity contribution is 0.219. The molecule has 0 aliphatic carbocycles. The Balaban J connectivity index is 2.52. The highest BCUT2D eigenvalue weighted by molar-refractivity contribution is 7.89. The molecule has 0 spiro atoms. The van der Waals surface area contributed by atoms with Crippen molar-refractivity contribution in [2.24, 2.45) is 0 Å². The Morgan fingerprint density at radius 3 is 2.29 bits per heavy atom. The predicted molar refractivity (Wildman–Crippen MR) is 80.4 cm³/mol. The summed E-state index contributed by atoms with van der Waals surface area (Å²) in [5.74, 6) is 0.818. The number of hydrogen-bond donors (Lipinski definition) is 1. The molecule has 0 bridgehead atoms. The number of piperazine rings is 1. The van der Waals surface area contributed by atoms with Crippen LogP contribution in [-0.2, 0) is 10.0 Å². The number of nitrogens with one attached hydrogen (secondary N) is 1. The minimum absolute atomic E-state index is 0.116. The van der Waals surface area contributed by atoms with E-state index in [9.17, 15) is 8.42 Å². The van der Waals surface area contributed by atoms with Gasteiger partial charge in [-0.05, 0) is 26.0 Å². The minimum atomic E-state index is -3.65. The van der Waals surface area contributed by atoms with E-state index in [1.54, 1.807) is 16.4 Å². The van der Waals surface area contributed by atoms with E-state index < -0.39 is 10.0 Å². The zero-order chi connectivity index (χ0) is 15.6. The fourth-order valence-corrected chi connectivity index (χ4v) is 4.68. The smallest absolute Gasteiger partial charge is 0.247 e. The van der Waals surface area contributed by atoms with Crippen LogP contribution in [0.1, 0.15) is 13.8 Å². The van der Waals surface area contributed by atoms with Crippen LogP contribution in [0.15, 0.2) is 23.1 Å². The van der Waals surface area contributed by atoms with Crippen molar-refractivity contribution in [2.75, 3.05) is 27.3 Å². The maximum absolute atomic E-state index is 13.0. The van der Waals surface area contributed by atoms with Crippen molar-refractivity contribution in [3.05, 3.63) is 18.2 Å². The molecule has 1 aliphatic rings. The molecule has 1 aromatic rings. The third kappa shape index (κ3) is 3.00. The Morgan fingerprint density at radius 2 is 1.76 bits per heavy atom. The molecule has 0 aromatic heterocycles. The Kier molecular flexibility index (Phi) is 4.75. The maximum Gasteiger partial charge on any atom is 0.247 e. The summed E-state index contributed by atoms with van der Waals surface area (Å²) in [6, 6.07) is 4.57. The molecule has 2 rings (SSSR count). The van der Waals surface area contributed by atoms with Crippen LogP contribution >= 0.6 is 0 Å². The molecule has 1 saturated heterocycles. The van der Waals surface area contributed by atoms with Gasteiger partial charge in [0, 0.05) is 31.2 Å². The van der Waals surface area contributed by atoms with Gasteiger partial charge in [-0.2, -0.15) is 4.31 Å². The van der Waals surface area contributed by atoms with Crippen LogP contribution in [-0.4, -0.2) is 52.1 Å². The van der Waals surface area contributed by atoms with Crippen LogP contribution in [0, 0.1) is 0 Å². The highest BCUT2D eigenvalue weighted by Gasteiger charge is 2.37. The second-order valence-electron chi connectivity index (χ2n) is 5.21. The molecule has 0 saturated carbocycles. The van der Waals surface area contributed by atoms with Crippen molar-refractivity contribution in [2.45, 2.75) is 30.8 Å². The van der Waals surface area contributed by atoms with E-state index in [4.69, 9.17) is 9.47 Å². The maximum atomic E-state index is 13.0. The quantitative estimate of drug-likeness (QED) is 0.900. The third-order valence-corrected chi connectivity index (χ3v) is 5.82. The average Bonchev–Trinajstić information content (AvgIpc) is 2.46. The SMILES string of the molecule is COc1ccc(OC)c(S(=O)(=O)N2C(C)CNCC2C)c1. The molecule has 2 atom stereocenters. The molecule has 6 nitrogen and oxygen atoms in total. The van der Waals surface area contributed by atoms with Crippen LogP contribution in [0.2, 0.25) is 0 Å². The first kappa shape index (κ1) is 16.1. The van der Waals surface area contributed by atoms with Gasteiger partial charge in [-0.1, -0.05) is 0 Å². The summed E-state index contributed by atoms with van der Waals surface area (Å²) in [4.78, 5) is 0.143. The number of sulfonamides is 1. The molecule has 21 heavy (non-hydrogen) atoms. The van der Waals surface area contributed by atoms with Crippen LogP contribution in [0.3, 0.4) is 0 Å². The molecular formula is C14H22N2O4S. The standard InChI is InChI=1S/C14H22N2O4S/c1-10-8-15-9-11(2)16(10)21(17,18)14-7-12(19-3)5-6-13(14)20-4/h5-7,10-11,15H,8-9H2,1-4H3. The predicted octanol–water partition coefficient (Wildman–Crippen LogP) is 1.07. The summed E-state index contributed by atoms with van der Waals surface area (Å²) in [6.07, 6.45) is 0. The van der Waals surface area contributed by atoms with E-state index >= 15 is 0 Å². The normalized spacial score (nSPS) is 23.8. The van der Waals surface area contributed by atoms with Gasteiger partial charge in [0.2, 0.25) is 10.0 Å². The number of hydrogen-bond acceptors (Lipinski definition) is 5. The van der Waals surface area contributed by atoms with Gasteiger partial charge in [-0.3, -0.25) is 0 Å². The lowest BCUT2D eigenvalue weighted by Crippen LogP contribution is -2.57. The molecule has 1 heterocycles. The first-order valence-corrected chi connectivity index (χ1v) is 8.32. The van der Waals surface area contributed by atoms with E-state index in [1.165, 1.54) is 20.3 Å². The Bertz CT molecular complexity index is 593. The van der Waals surface area contributed by atoms with E-state index in [-0.39, 0.29) is 17.0 Å². The van der Waals surface area contributed by atoms with E-state index in [2.05, 4.69) is 5.32 Å². The molecule has 2 unspecified atom stereocenters. The molecule has 0 radical (unpaired) electrons. The summed E-state index contributed by atoms with van der Waals surface area (Å²) in [5, 5.41) is 3.23. The van der Waals surface area contributed by atoms with E-state index in [0.29, 0.717) is 24.6 Å². The highest BCUT2D eigenvalue weighted by atomic mass is 32.2.